The van der Waals surface area contributed by atoms with Gasteiger partial charge in [-0.2, -0.15) is 4.98 Å². The normalized spacial score (nSPS) is 10.6. The van der Waals surface area contributed by atoms with Crippen LogP contribution in [0.25, 0.3) is 0 Å². The number of nitrogens with zero attached hydrogens (tertiary/aromatic N) is 2. The first-order valence-electron chi connectivity index (χ1n) is 7.82. The van der Waals surface area contributed by atoms with Crippen molar-refractivity contribution in [3.8, 4) is 5.75 Å². The number of para-hydroxylation sites is 2. The van der Waals surface area contributed by atoms with Crippen LogP contribution < -0.4 is 10.1 Å². The molecule has 124 valence electrons. The lowest BCUT2D eigenvalue weighted by Gasteiger charge is -2.07. The zero-order valence-corrected chi connectivity index (χ0v) is 14.6. The first kappa shape index (κ1) is 16.4. The molecule has 5 nitrogen and oxygen atoms in total. The summed E-state index contributed by atoms with van der Waals surface area (Å²) >= 11 is 1.60. The number of aryl methyl sites for hydroxylation is 1. The van der Waals surface area contributed by atoms with Gasteiger partial charge in [0.1, 0.15) is 5.75 Å². The second-order valence-corrected chi connectivity index (χ2v) is 6.16. The van der Waals surface area contributed by atoms with Crippen LogP contribution in [0.4, 0.5) is 11.6 Å². The Morgan fingerprint density at radius 3 is 2.62 bits per heavy atom. The van der Waals surface area contributed by atoms with Crippen LogP contribution in [0.3, 0.4) is 0 Å². The average molecular weight is 340 g/mol. The minimum atomic E-state index is 0.582. The predicted octanol–water partition coefficient (Wildman–Crippen LogP) is 4.41. The number of thioether (sulfide) groups is 1. The largest absolute Gasteiger partial charge is 0.496 e. The molecule has 0 bridgehead atoms. The monoisotopic (exact) mass is 340 g/mol. The van der Waals surface area contributed by atoms with E-state index in [1.165, 1.54) is 5.56 Å². The van der Waals surface area contributed by atoms with Crippen LogP contribution in [0.1, 0.15) is 18.1 Å². The Bertz CT molecular complexity index is 803. The summed E-state index contributed by atoms with van der Waals surface area (Å²) in [6.07, 6.45) is 0.961. The maximum absolute atomic E-state index is 5.37. The van der Waals surface area contributed by atoms with Gasteiger partial charge < -0.3 is 10.1 Å². The third kappa shape index (κ3) is 3.89. The van der Waals surface area contributed by atoms with Gasteiger partial charge >= 0.3 is 0 Å². The van der Waals surface area contributed by atoms with E-state index in [-0.39, 0.29) is 0 Å². The maximum atomic E-state index is 5.37. The van der Waals surface area contributed by atoms with E-state index in [1.807, 2.05) is 36.4 Å². The number of ether oxygens (including phenoxy) is 1. The van der Waals surface area contributed by atoms with E-state index >= 15 is 0 Å². The molecule has 1 heterocycles. The number of hydrogen-bond acceptors (Lipinski definition) is 5. The molecule has 3 aromatic rings. The third-order valence-electron chi connectivity index (χ3n) is 3.67. The molecule has 0 spiro atoms. The van der Waals surface area contributed by atoms with Gasteiger partial charge in [0.2, 0.25) is 5.95 Å². The minimum absolute atomic E-state index is 0.582. The standard InChI is InChI=1S/C18H20N4OS/c1-3-13-8-4-6-10-15(13)19-17-20-18(22-21-17)24-12-14-9-5-7-11-16(14)23-2/h4-11H,3,12H2,1-2H3,(H2,19,20,21,22). The highest BCUT2D eigenvalue weighted by atomic mass is 32.2. The number of anilines is 2. The molecule has 0 unspecified atom stereocenters. The molecule has 0 fully saturated rings. The van der Waals surface area contributed by atoms with E-state index in [2.05, 4.69) is 39.6 Å². The summed E-state index contributed by atoms with van der Waals surface area (Å²) in [5.74, 6) is 2.24. The molecule has 6 heteroatoms. The SMILES string of the molecule is CCc1ccccc1Nc1n[nH]c(SCc2ccccc2OC)n1. The molecule has 2 aromatic carbocycles. The number of rotatable bonds is 7. The number of aromatic nitrogens is 3. The van der Waals surface area contributed by atoms with E-state index < -0.39 is 0 Å². The quantitative estimate of drug-likeness (QED) is 0.624. The second-order valence-electron chi connectivity index (χ2n) is 5.20. The molecule has 0 amide bonds. The second kappa shape index (κ2) is 7.88. The molecule has 0 aliphatic rings. The van der Waals surface area contributed by atoms with Crippen LogP contribution in [-0.4, -0.2) is 22.3 Å². The van der Waals surface area contributed by atoms with E-state index in [1.54, 1.807) is 18.9 Å². The topological polar surface area (TPSA) is 62.8 Å². The third-order valence-corrected chi connectivity index (χ3v) is 4.58. The van der Waals surface area contributed by atoms with Crippen LogP contribution >= 0.6 is 11.8 Å². The van der Waals surface area contributed by atoms with E-state index in [4.69, 9.17) is 4.74 Å². The number of methoxy groups -OCH3 is 1. The Morgan fingerprint density at radius 2 is 1.83 bits per heavy atom. The lowest BCUT2D eigenvalue weighted by molar-refractivity contribution is 0.411. The Kier molecular flexibility index (Phi) is 5.38. The molecule has 0 aliphatic heterocycles. The molecular weight excluding hydrogens is 320 g/mol. The van der Waals surface area contributed by atoms with Gasteiger partial charge in [0.15, 0.2) is 5.16 Å². The fourth-order valence-electron chi connectivity index (χ4n) is 2.41. The molecule has 24 heavy (non-hydrogen) atoms. The summed E-state index contributed by atoms with van der Waals surface area (Å²) in [5.41, 5.74) is 3.41. The van der Waals surface area contributed by atoms with Gasteiger partial charge in [-0.25, -0.2) is 0 Å². The molecule has 0 radical (unpaired) electrons. The van der Waals surface area contributed by atoms with Crippen molar-refractivity contribution in [1.29, 1.82) is 0 Å². The maximum Gasteiger partial charge on any atom is 0.247 e. The fourth-order valence-corrected chi connectivity index (χ4v) is 3.20. The van der Waals surface area contributed by atoms with Gasteiger partial charge in [-0.05, 0) is 24.1 Å². The zero-order chi connectivity index (χ0) is 16.8. The van der Waals surface area contributed by atoms with Crippen LogP contribution in [0.2, 0.25) is 0 Å². The molecule has 0 aliphatic carbocycles. The summed E-state index contributed by atoms with van der Waals surface area (Å²) < 4.78 is 5.37. The first-order valence-corrected chi connectivity index (χ1v) is 8.80. The lowest BCUT2D eigenvalue weighted by atomic mass is 10.1. The average Bonchev–Trinajstić information content (AvgIpc) is 3.08. The number of benzene rings is 2. The molecule has 0 atom stereocenters. The summed E-state index contributed by atoms with van der Waals surface area (Å²) in [5, 5.41) is 11.3. The van der Waals surface area contributed by atoms with E-state index in [9.17, 15) is 0 Å². The van der Waals surface area contributed by atoms with Gasteiger partial charge in [-0.1, -0.05) is 55.1 Å². The first-order chi connectivity index (χ1) is 11.8. The van der Waals surface area contributed by atoms with Gasteiger partial charge in [0, 0.05) is 17.0 Å². The summed E-state index contributed by atoms with van der Waals surface area (Å²) in [6, 6.07) is 16.2. The zero-order valence-electron chi connectivity index (χ0n) is 13.7. The number of nitrogens with one attached hydrogen (secondary N) is 2. The van der Waals surface area contributed by atoms with Crippen molar-refractivity contribution in [3.05, 3.63) is 59.7 Å². The lowest BCUT2D eigenvalue weighted by Crippen LogP contribution is -1.96. The van der Waals surface area contributed by atoms with Gasteiger partial charge in [0.25, 0.3) is 0 Å². The van der Waals surface area contributed by atoms with Crippen LogP contribution in [0, 0.1) is 0 Å². The molecule has 2 N–H and O–H groups in total. The Labute approximate surface area is 145 Å². The Balaban J connectivity index is 1.65. The fraction of sp³-hybridized carbons (Fsp3) is 0.222. The highest BCUT2D eigenvalue weighted by Crippen LogP contribution is 2.27. The van der Waals surface area contributed by atoms with Crippen molar-refractivity contribution in [2.24, 2.45) is 0 Å². The highest BCUT2D eigenvalue weighted by Gasteiger charge is 2.08. The molecule has 0 saturated heterocycles. The minimum Gasteiger partial charge on any atom is -0.496 e. The van der Waals surface area contributed by atoms with E-state index in [0.717, 1.165) is 34.3 Å². The molecule has 0 saturated carbocycles. The Hall–Kier alpha value is -2.47. The van der Waals surface area contributed by atoms with Crippen LogP contribution in [0.15, 0.2) is 53.7 Å². The van der Waals surface area contributed by atoms with E-state index in [0.29, 0.717) is 5.95 Å². The van der Waals surface area contributed by atoms with Crippen molar-refractivity contribution in [2.45, 2.75) is 24.3 Å². The smallest absolute Gasteiger partial charge is 0.247 e. The molecule has 1 aromatic heterocycles. The van der Waals surface area contributed by atoms with Crippen molar-refractivity contribution in [3.63, 3.8) is 0 Å². The number of H-pyrrole nitrogens is 1. The predicted molar refractivity (Wildman–Crippen MR) is 98.0 cm³/mol. The van der Waals surface area contributed by atoms with Gasteiger partial charge in [-0.15, -0.1) is 5.10 Å². The Morgan fingerprint density at radius 1 is 1.08 bits per heavy atom. The van der Waals surface area contributed by atoms with Crippen molar-refractivity contribution < 1.29 is 4.74 Å². The van der Waals surface area contributed by atoms with Crippen molar-refractivity contribution in [2.75, 3.05) is 12.4 Å². The van der Waals surface area contributed by atoms with Crippen LogP contribution in [-0.2, 0) is 12.2 Å². The van der Waals surface area contributed by atoms with Gasteiger partial charge in [0.05, 0.1) is 7.11 Å². The summed E-state index contributed by atoms with van der Waals surface area (Å²) in [6.45, 7) is 2.13. The number of aromatic amines is 1. The highest BCUT2D eigenvalue weighted by molar-refractivity contribution is 7.98. The summed E-state index contributed by atoms with van der Waals surface area (Å²) in [7, 11) is 1.69. The summed E-state index contributed by atoms with van der Waals surface area (Å²) in [4.78, 5) is 4.50. The van der Waals surface area contributed by atoms with Crippen molar-refractivity contribution >= 4 is 23.4 Å². The molecule has 3 rings (SSSR count). The molecular formula is C18H20N4OS. The van der Waals surface area contributed by atoms with Gasteiger partial charge in [-0.3, -0.25) is 5.10 Å². The van der Waals surface area contributed by atoms with Crippen LogP contribution in [0.5, 0.6) is 5.75 Å². The number of hydrogen-bond donors (Lipinski definition) is 2. The van der Waals surface area contributed by atoms with Crippen molar-refractivity contribution in [1.82, 2.24) is 15.2 Å².